The maximum absolute atomic E-state index is 11.2. The molecule has 0 aliphatic heterocycles. The smallest absolute Gasteiger partial charge is 0.316 e. The number of carboxylic acid groups (broad SMARTS) is 1. The van der Waals surface area contributed by atoms with Crippen molar-refractivity contribution in [3.05, 3.63) is 42.1 Å². The fourth-order valence-electron chi connectivity index (χ4n) is 2.01. The van der Waals surface area contributed by atoms with Crippen LogP contribution < -0.4 is 0 Å². The molecule has 0 amide bonds. The summed E-state index contributed by atoms with van der Waals surface area (Å²) < 4.78 is 0. The van der Waals surface area contributed by atoms with Gasteiger partial charge in [0.2, 0.25) is 0 Å². The zero-order valence-corrected chi connectivity index (χ0v) is 11.9. The molecule has 1 aromatic heterocycles. The molecule has 19 heavy (non-hydrogen) atoms. The average molecular weight is 275 g/mol. The van der Waals surface area contributed by atoms with Gasteiger partial charge >= 0.3 is 5.97 Å². The van der Waals surface area contributed by atoms with Crippen molar-refractivity contribution in [2.75, 3.05) is 0 Å². The molecule has 2 rings (SSSR count). The summed E-state index contributed by atoms with van der Waals surface area (Å²) in [5.74, 6) is 0.0439. The van der Waals surface area contributed by atoms with Crippen LogP contribution >= 0.6 is 11.8 Å². The molecule has 0 aliphatic rings. The molecule has 0 fully saturated rings. The Bertz CT molecular complexity index is 578. The number of carbonyl (C=O) groups is 1. The van der Waals surface area contributed by atoms with E-state index in [-0.39, 0.29) is 11.2 Å². The van der Waals surface area contributed by atoms with Gasteiger partial charge in [-0.05, 0) is 17.5 Å². The normalized spacial score (nSPS) is 12.8. The lowest BCUT2D eigenvalue weighted by Crippen LogP contribution is -2.22. The Morgan fingerprint density at radius 3 is 2.74 bits per heavy atom. The van der Waals surface area contributed by atoms with Gasteiger partial charge in [-0.3, -0.25) is 9.78 Å². The van der Waals surface area contributed by atoms with Crippen molar-refractivity contribution in [2.24, 2.45) is 5.92 Å². The van der Waals surface area contributed by atoms with E-state index in [9.17, 15) is 9.90 Å². The van der Waals surface area contributed by atoms with Crippen molar-refractivity contribution in [3.63, 3.8) is 0 Å². The highest BCUT2D eigenvalue weighted by Crippen LogP contribution is 2.27. The van der Waals surface area contributed by atoms with Gasteiger partial charge in [-0.15, -0.1) is 11.8 Å². The molecule has 4 heteroatoms. The SMILES string of the molecule is CC(C)C(SCc1cccc2cccnc12)C(=O)O. The van der Waals surface area contributed by atoms with Crippen molar-refractivity contribution in [1.29, 1.82) is 0 Å². The molecule has 100 valence electrons. The van der Waals surface area contributed by atoms with Gasteiger partial charge in [0.1, 0.15) is 5.25 Å². The number of para-hydroxylation sites is 1. The number of pyridine rings is 1. The summed E-state index contributed by atoms with van der Waals surface area (Å²) in [5, 5.41) is 9.92. The van der Waals surface area contributed by atoms with E-state index in [4.69, 9.17) is 0 Å². The topological polar surface area (TPSA) is 50.2 Å². The van der Waals surface area contributed by atoms with E-state index in [1.165, 1.54) is 11.8 Å². The Labute approximate surface area is 117 Å². The standard InChI is InChI=1S/C15H17NO2S/c1-10(2)14(15(17)18)19-9-12-6-3-5-11-7-4-8-16-13(11)12/h3-8,10,14H,9H2,1-2H3,(H,17,18). The van der Waals surface area contributed by atoms with E-state index in [1.807, 2.05) is 44.2 Å². The summed E-state index contributed by atoms with van der Waals surface area (Å²) in [4.78, 5) is 15.6. The highest BCUT2D eigenvalue weighted by Gasteiger charge is 2.22. The van der Waals surface area contributed by atoms with E-state index in [0.29, 0.717) is 5.75 Å². The van der Waals surface area contributed by atoms with Crippen LogP contribution in [-0.4, -0.2) is 21.3 Å². The second-order valence-corrected chi connectivity index (χ2v) is 5.94. The predicted octanol–water partition coefficient (Wildman–Crippen LogP) is 3.58. The van der Waals surface area contributed by atoms with Crippen molar-refractivity contribution >= 4 is 28.6 Å². The molecule has 1 heterocycles. The largest absolute Gasteiger partial charge is 0.480 e. The van der Waals surface area contributed by atoms with E-state index in [0.717, 1.165) is 16.5 Å². The van der Waals surface area contributed by atoms with Crippen LogP contribution in [0, 0.1) is 5.92 Å². The van der Waals surface area contributed by atoms with Crippen LogP contribution in [0.25, 0.3) is 10.9 Å². The summed E-state index contributed by atoms with van der Waals surface area (Å²) in [6.45, 7) is 3.88. The summed E-state index contributed by atoms with van der Waals surface area (Å²) in [6.07, 6.45) is 1.77. The lowest BCUT2D eigenvalue weighted by atomic mass is 10.1. The van der Waals surface area contributed by atoms with Crippen LogP contribution in [0.15, 0.2) is 36.5 Å². The van der Waals surface area contributed by atoms with Crippen LogP contribution in [0.2, 0.25) is 0 Å². The number of fused-ring (bicyclic) bond motifs is 1. The van der Waals surface area contributed by atoms with E-state index < -0.39 is 5.97 Å². The molecular weight excluding hydrogens is 258 g/mol. The molecule has 0 saturated heterocycles. The number of aliphatic carboxylic acids is 1. The van der Waals surface area contributed by atoms with Gasteiger partial charge < -0.3 is 5.11 Å². The number of nitrogens with zero attached hydrogens (tertiary/aromatic N) is 1. The number of aromatic nitrogens is 1. The van der Waals surface area contributed by atoms with Crippen molar-refractivity contribution in [2.45, 2.75) is 24.9 Å². The van der Waals surface area contributed by atoms with Gasteiger partial charge in [0.05, 0.1) is 5.52 Å². The quantitative estimate of drug-likeness (QED) is 0.906. The Kier molecular flexibility index (Phi) is 4.43. The predicted molar refractivity (Wildman–Crippen MR) is 79.3 cm³/mol. The van der Waals surface area contributed by atoms with E-state index in [2.05, 4.69) is 4.98 Å². The Balaban J connectivity index is 2.20. The molecule has 0 saturated carbocycles. The molecule has 1 aromatic carbocycles. The van der Waals surface area contributed by atoms with Crippen LogP contribution in [0.4, 0.5) is 0 Å². The fourth-order valence-corrected chi connectivity index (χ4v) is 3.13. The molecule has 1 unspecified atom stereocenters. The van der Waals surface area contributed by atoms with Crippen molar-refractivity contribution in [1.82, 2.24) is 4.98 Å². The minimum atomic E-state index is -0.742. The van der Waals surface area contributed by atoms with Crippen molar-refractivity contribution < 1.29 is 9.90 Å². The van der Waals surface area contributed by atoms with Gasteiger partial charge in [0, 0.05) is 17.3 Å². The number of rotatable bonds is 5. The molecule has 0 aliphatic carbocycles. The summed E-state index contributed by atoms with van der Waals surface area (Å²) >= 11 is 1.47. The van der Waals surface area contributed by atoms with Crippen LogP contribution in [-0.2, 0) is 10.5 Å². The average Bonchev–Trinajstić information content (AvgIpc) is 2.38. The molecule has 2 aromatic rings. The van der Waals surface area contributed by atoms with Gasteiger partial charge in [-0.25, -0.2) is 0 Å². The summed E-state index contributed by atoms with van der Waals surface area (Å²) in [7, 11) is 0. The number of carboxylic acids is 1. The van der Waals surface area contributed by atoms with E-state index in [1.54, 1.807) is 6.20 Å². The monoisotopic (exact) mass is 275 g/mol. The number of hydrogen-bond acceptors (Lipinski definition) is 3. The molecule has 0 radical (unpaired) electrons. The minimum absolute atomic E-state index is 0.116. The summed E-state index contributed by atoms with van der Waals surface area (Å²) in [6, 6.07) is 9.96. The Morgan fingerprint density at radius 1 is 1.32 bits per heavy atom. The van der Waals surface area contributed by atoms with Gasteiger partial charge in [0.15, 0.2) is 0 Å². The zero-order valence-electron chi connectivity index (χ0n) is 11.0. The molecule has 0 spiro atoms. The Morgan fingerprint density at radius 2 is 2.05 bits per heavy atom. The third-order valence-corrected chi connectivity index (χ3v) is 4.57. The third-order valence-electron chi connectivity index (χ3n) is 2.98. The van der Waals surface area contributed by atoms with Gasteiger partial charge in [-0.2, -0.15) is 0 Å². The lowest BCUT2D eigenvalue weighted by Gasteiger charge is -2.16. The van der Waals surface area contributed by atoms with Crippen LogP contribution in [0.3, 0.4) is 0 Å². The minimum Gasteiger partial charge on any atom is -0.480 e. The fraction of sp³-hybridized carbons (Fsp3) is 0.333. The number of hydrogen-bond donors (Lipinski definition) is 1. The first kappa shape index (κ1) is 13.9. The maximum Gasteiger partial charge on any atom is 0.316 e. The zero-order chi connectivity index (χ0) is 13.8. The van der Waals surface area contributed by atoms with Crippen LogP contribution in [0.5, 0.6) is 0 Å². The highest BCUT2D eigenvalue weighted by molar-refractivity contribution is 7.99. The second-order valence-electron chi connectivity index (χ2n) is 4.81. The van der Waals surface area contributed by atoms with Crippen LogP contribution in [0.1, 0.15) is 19.4 Å². The number of thioether (sulfide) groups is 1. The highest BCUT2D eigenvalue weighted by atomic mass is 32.2. The Hall–Kier alpha value is -1.55. The molecule has 0 bridgehead atoms. The lowest BCUT2D eigenvalue weighted by molar-refractivity contribution is -0.137. The van der Waals surface area contributed by atoms with E-state index >= 15 is 0 Å². The molecular formula is C15H17NO2S. The van der Waals surface area contributed by atoms with Gasteiger partial charge in [-0.1, -0.05) is 38.1 Å². The maximum atomic E-state index is 11.2. The second kappa shape index (κ2) is 6.06. The summed E-state index contributed by atoms with van der Waals surface area (Å²) in [5.41, 5.74) is 2.06. The first-order valence-electron chi connectivity index (χ1n) is 6.26. The van der Waals surface area contributed by atoms with Crippen molar-refractivity contribution in [3.8, 4) is 0 Å². The third kappa shape index (κ3) is 3.26. The molecule has 1 N–H and O–H groups in total. The number of benzene rings is 1. The molecule has 3 nitrogen and oxygen atoms in total. The first-order valence-corrected chi connectivity index (χ1v) is 7.31. The van der Waals surface area contributed by atoms with Gasteiger partial charge in [0.25, 0.3) is 0 Å². The first-order chi connectivity index (χ1) is 9.09. The molecule has 1 atom stereocenters.